The van der Waals surface area contributed by atoms with E-state index in [1.807, 2.05) is 0 Å². The molecule has 0 aromatic carbocycles. The number of hydrogen-bond acceptors (Lipinski definition) is 4. The average molecular weight is 263 g/mol. The zero-order chi connectivity index (χ0) is 13.6. The van der Waals surface area contributed by atoms with E-state index in [0.717, 1.165) is 0 Å². The maximum Gasteiger partial charge on any atom is 0.322 e. The molecule has 1 aromatic rings. The first-order valence-corrected chi connectivity index (χ1v) is 5.99. The number of carbonyl (C=O) groups excluding carboxylic acids is 3. The van der Waals surface area contributed by atoms with Gasteiger partial charge in [-0.05, 0) is 19.4 Å². The molecule has 1 unspecified atom stereocenters. The van der Waals surface area contributed by atoms with E-state index < -0.39 is 11.6 Å². The minimum atomic E-state index is -0.968. The molecule has 1 atom stereocenters. The molecule has 2 aliphatic rings. The lowest BCUT2D eigenvalue weighted by Crippen LogP contribution is -2.49. The second kappa shape index (κ2) is 3.84. The fourth-order valence-electron chi connectivity index (χ4n) is 2.58. The number of rotatable bonds is 1. The number of urea groups is 1. The van der Waals surface area contributed by atoms with Crippen LogP contribution in [0.25, 0.3) is 0 Å². The van der Waals surface area contributed by atoms with Gasteiger partial charge in [0.2, 0.25) is 0 Å². The van der Waals surface area contributed by atoms with Crippen molar-refractivity contribution in [2.24, 2.45) is 0 Å². The number of nitrogens with zero attached hydrogens (tertiary/aromatic N) is 1. The Labute approximate surface area is 108 Å². The number of aryl methyl sites for hydroxylation is 1. The average Bonchev–Trinajstić information content (AvgIpc) is 3.01. The lowest BCUT2D eigenvalue weighted by Gasteiger charge is -2.20. The Morgan fingerprint density at radius 1 is 1.47 bits per heavy atom. The van der Waals surface area contributed by atoms with E-state index in [2.05, 4.69) is 10.6 Å². The minimum absolute atomic E-state index is 0.183. The van der Waals surface area contributed by atoms with Crippen LogP contribution < -0.4 is 10.6 Å². The maximum atomic E-state index is 12.3. The normalized spacial score (nSPS) is 25.8. The third kappa shape index (κ3) is 1.69. The summed E-state index contributed by atoms with van der Waals surface area (Å²) in [5, 5.41) is 4.82. The van der Waals surface area contributed by atoms with E-state index in [1.54, 1.807) is 17.9 Å². The first-order chi connectivity index (χ1) is 9.02. The van der Waals surface area contributed by atoms with Crippen molar-refractivity contribution in [2.75, 3.05) is 13.1 Å². The number of amides is 4. The van der Waals surface area contributed by atoms with Crippen LogP contribution in [0.4, 0.5) is 4.79 Å². The summed E-state index contributed by atoms with van der Waals surface area (Å²) < 4.78 is 5.10. The minimum Gasteiger partial charge on any atom is -0.469 e. The highest BCUT2D eigenvalue weighted by molar-refractivity contribution is 6.08. The van der Waals surface area contributed by atoms with Gasteiger partial charge >= 0.3 is 6.03 Å². The van der Waals surface area contributed by atoms with Crippen LogP contribution in [0, 0.1) is 6.92 Å². The zero-order valence-electron chi connectivity index (χ0n) is 10.4. The van der Waals surface area contributed by atoms with E-state index in [9.17, 15) is 14.4 Å². The van der Waals surface area contributed by atoms with Crippen LogP contribution in [0.2, 0.25) is 0 Å². The van der Waals surface area contributed by atoms with Gasteiger partial charge in [-0.2, -0.15) is 0 Å². The highest BCUT2D eigenvalue weighted by atomic mass is 16.3. The van der Waals surface area contributed by atoms with Gasteiger partial charge in [0.25, 0.3) is 11.8 Å². The maximum absolute atomic E-state index is 12.3. The molecule has 2 aliphatic heterocycles. The van der Waals surface area contributed by atoms with Crippen molar-refractivity contribution in [1.29, 1.82) is 0 Å². The van der Waals surface area contributed by atoms with Crippen molar-refractivity contribution >= 4 is 17.8 Å². The van der Waals surface area contributed by atoms with Crippen LogP contribution in [0.3, 0.4) is 0 Å². The fraction of sp³-hybridized carbons (Fsp3) is 0.417. The molecule has 3 heterocycles. The number of carbonyl (C=O) groups is 3. The lowest BCUT2D eigenvalue weighted by molar-refractivity contribution is -0.123. The molecule has 4 amide bonds. The van der Waals surface area contributed by atoms with Crippen molar-refractivity contribution in [3.05, 3.63) is 23.7 Å². The van der Waals surface area contributed by atoms with Crippen LogP contribution in [0.5, 0.6) is 0 Å². The van der Waals surface area contributed by atoms with Gasteiger partial charge in [-0.1, -0.05) is 0 Å². The monoisotopic (exact) mass is 263 g/mol. The Hall–Kier alpha value is -2.31. The summed E-state index contributed by atoms with van der Waals surface area (Å²) in [7, 11) is 0. The quantitative estimate of drug-likeness (QED) is 0.698. The molecule has 3 rings (SSSR count). The second-order valence-electron chi connectivity index (χ2n) is 4.86. The zero-order valence-corrected chi connectivity index (χ0v) is 10.4. The van der Waals surface area contributed by atoms with Gasteiger partial charge in [-0.3, -0.25) is 14.9 Å². The van der Waals surface area contributed by atoms with Gasteiger partial charge in [0.1, 0.15) is 11.3 Å². The third-order valence-electron chi connectivity index (χ3n) is 3.66. The third-order valence-corrected chi connectivity index (χ3v) is 3.66. The van der Waals surface area contributed by atoms with Gasteiger partial charge in [0.05, 0.1) is 18.4 Å². The van der Waals surface area contributed by atoms with E-state index in [0.29, 0.717) is 24.3 Å². The van der Waals surface area contributed by atoms with Crippen LogP contribution in [-0.2, 0) is 4.79 Å². The van der Waals surface area contributed by atoms with E-state index in [1.165, 1.54) is 6.26 Å². The number of hydrogen-bond donors (Lipinski definition) is 2. The molecule has 2 N–H and O–H groups in total. The Bertz CT molecular complexity index is 579. The molecule has 0 bridgehead atoms. The Morgan fingerprint density at radius 2 is 2.26 bits per heavy atom. The van der Waals surface area contributed by atoms with Gasteiger partial charge in [-0.15, -0.1) is 0 Å². The van der Waals surface area contributed by atoms with Gasteiger partial charge in [0.15, 0.2) is 0 Å². The second-order valence-corrected chi connectivity index (χ2v) is 4.86. The molecular formula is C12H13N3O4. The van der Waals surface area contributed by atoms with Gasteiger partial charge in [-0.25, -0.2) is 4.79 Å². The summed E-state index contributed by atoms with van der Waals surface area (Å²) in [5.41, 5.74) is -0.480. The smallest absolute Gasteiger partial charge is 0.322 e. The summed E-state index contributed by atoms with van der Waals surface area (Å²) in [4.78, 5) is 36.8. The van der Waals surface area contributed by atoms with Crippen molar-refractivity contribution in [3.8, 4) is 0 Å². The summed E-state index contributed by atoms with van der Waals surface area (Å²) in [5.74, 6) is -0.000325. The van der Waals surface area contributed by atoms with Crippen molar-refractivity contribution in [2.45, 2.75) is 18.9 Å². The SMILES string of the molecule is Cc1occc1C(=O)N1CCC2(C1)NC(=O)NC2=O. The summed E-state index contributed by atoms with van der Waals surface area (Å²) in [6.45, 7) is 2.33. The molecule has 7 heteroatoms. The highest BCUT2D eigenvalue weighted by Gasteiger charge is 2.51. The first kappa shape index (κ1) is 11.8. The Kier molecular flexibility index (Phi) is 2.38. The molecule has 2 saturated heterocycles. The predicted molar refractivity (Wildman–Crippen MR) is 63.4 cm³/mol. The summed E-state index contributed by atoms with van der Waals surface area (Å²) in [6, 6.07) is 1.11. The van der Waals surface area contributed by atoms with Crippen LogP contribution in [-0.4, -0.2) is 41.4 Å². The van der Waals surface area contributed by atoms with Crippen molar-refractivity contribution in [3.63, 3.8) is 0 Å². The van der Waals surface area contributed by atoms with E-state index in [-0.39, 0.29) is 18.4 Å². The molecule has 19 heavy (non-hydrogen) atoms. The molecule has 100 valence electrons. The van der Waals surface area contributed by atoms with Crippen LogP contribution >= 0.6 is 0 Å². The first-order valence-electron chi connectivity index (χ1n) is 5.99. The molecule has 0 saturated carbocycles. The largest absolute Gasteiger partial charge is 0.469 e. The Balaban J connectivity index is 1.80. The molecular weight excluding hydrogens is 250 g/mol. The van der Waals surface area contributed by atoms with E-state index >= 15 is 0 Å². The van der Waals surface area contributed by atoms with E-state index in [4.69, 9.17) is 4.42 Å². The van der Waals surface area contributed by atoms with Crippen molar-refractivity contribution in [1.82, 2.24) is 15.5 Å². The van der Waals surface area contributed by atoms with Crippen LogP contribution in [0.1, 0.15) is 22.5 Å². The molecule has 1 spiro atoms. The summed E-state index contributed by atoms with van der Waals surface area (Å²) >= 11 is 0. The van der Waals surface area contributed by atoms with Crippen molar-refractivity contribution < 1.29 is 18.8 Å². The fourth-order valence-corrected chi connectivity index (χ4v) is 2.58. The number of imide groups is 1. The topological polar surface area (TPSA) is 91.7 Å². The standard InChI is InChI=1S/C12H13N3O4/c1-7-8(2-5-19-7)9(16)15-4-3-12(6-15)10(17)13-11(18)14-12/h2,5H,3-4,6H2,1H3,(H2,13,14,17,18). The van der Waals surface area contributed by atoms with Gasteiger partial charge in [0, 0.05) is 6.54 Å². The predicted octanol–water partition coefficient (Wildman–Crippen LogP) is 0.0121. The lowest BCUT2D eigenvalue weighted by atomic mass is 9.99. The molecule has 1 aromatic heterocycles. The number of nitrogens with one attached hydrogen (secondary N) is 2. The molecule has 0 radical (unpaired) electrons. The number of furan rings is 1. The molecule has 0 aliphatic carbocycles. The Morgan fingerprint density at radius 3 is 2.84 bits per heavy atom. The molecule has 2 fully saturated rings. The molecule has 7 nitrogen and oxygen atoms in total. The van der Waals surface area contributed by atoms with Gasteiger partial charge < -0.3 is 14.6 Å². The van der Waals surface area contributed by atoms with Crippen LogP contribution in [0.15, 0.2) is 16.7 Å². The highest BCUT2D eigenvalue weighted by Crippen LogP contribution is 2.26. The summed E-state index contributed by atoms with van der Waals surface area (Å²) in [6.07, 6.45) is 1.88. The number of likely N-dealkylation sites (tertiary alicyclic amines) is 1.